The summed E-state index contributed by atoms with van der Waals surface area (Å²) in [5, 5.41) is 8.49. The summed E-state index contributed by atoms with van der Waals surface area (Å²) in [5.74, 6) is -0.356. The molecule has 0 aliphatic heterocycles. The van der Waals surface area contributed by atoms with Gasteiger partial charge in [0, 0.05) is 16.8 Å². The zero-order valence-corrected chi connectivity index (χ0v) is 13.8. The number of carbonyl (C=O) groups is 1. The molecular formula is C15H12N4O3S2. The third-order valence-corrected chi connectivity index (χ3v) is 4.80. The molecule has 0 aliphatic carbocycles. The highest BCUT2D eigenvalue weighted by Crippen LogP contribution is 2.21. The second-order valence-electron chi connectivity index (χ2n) is 4.85. The number of hydrogen-bond donors (Lipinski definition) is 2. The number of primary sulfonamides is 1. The highest BCUT2D eigenvalue weighted by atomic mass is 32.2. The molecule has 0 fully saturated rings. The summed E-state index contributed by atoms with van der Waals surface area (Å²) < 4.78 is 26.6. The van der Waals surface area contributed by atoms with Crippen LogP contribution in [0.2, 0.25) is 0 Å². The van der Waals surface area contributed by atoms with Gasteiger partial charge in [0.05, 0.1) is 4.90 Å². The summed E-state index contributed by atoms with van der Waals surface area (Å²) >= 11 is 1.27. The van der Waals surface area contributed by atoms with Crippen LogP contribution in [0.25, 0.3) is 10.6 Å². The predicted molar refractivity (Wildman–Crippen MR) is 91.1 cm³/mol. The Morgan fingerprint density at radius 3 is 2.50 bits per heavy atom. The lowest BCUT2D eigenvalue weighted by Gasteiger charge is -2.07. The lowest BCUT2D eigenvalue weighted by molar-refractivity contribution is 0.102. The Kier molecular flexibility index (Phi) is 4.38. The largest absolute Gasteiger partial charge is 0.322 e. The Morgan fingerprint density at radius 2 is 1.88 bits per heavy atom. The molecule has 1 aromatic heterocycles. The molecule has 0 atom stereocenters. The standard InChI is InChI=1S/C15H12N4O3S2/c16-24(21,22)13-3-1-2-12(8-13)19-14(20)10-4-6-11(7-5-10)15-17-9-18-23-15/h1-9H,(H,19,20)(H2,16,21,22). The molecule has 2 aromatic carbocycles. The number of sulfonamides is 1. The van der Waals surface area contributed by atoms with Gasteiger partial charge in [0.2, 0.25) is 10.0 Å². The molecule has 0 spiro atoms. The Hall–Kier alpha value is -2.62. The van der Waals surface area contributed by atoms with E-state index in [-0.39, 0.29) is 10.8 Å². The SMILES string of the molecule is NS(=O)(=O)c1cccc(NC(=O)c2ccc(-c3ncns3)cc2)c1. The minimum atomic E-state index is -3.82. The molecule has 3 N–H and O–H groups in total. The second-order valence-corrected chi connectivity index (χ2v) is 7.19. The van der Waals surface area contributed by atoms with E-state index in [1.807, 2.05) is 0 Å². The number of rotatable bonds is 4. The first-order valence-corrected chi connectivity index (χ1v) is 9.07. The van der Waals surface area contributed by atoms with Crippen molar-refractivity contribution in [3.8, 4) is 10.6 Å². The van der Waals surface area contributed by atoms with Crippen LogP contribution in [0.1, 0.15) is 10.4 Å². The molecule has 1 heterocycles. The van der Waals surface area contributed by atoms with Crippen LogP contribution in [0.3, 0.4) is 0 Å². The maximum Gasteiger partial charge on any atom is 0.255 e. The lowest BCUT2D eigenvalue weighted by Crippen LogP contribution is -2.14. The molecule has 0 bridgehead atoms. The molecule has 3 aromatic rings. The van der Waals surface area contributed by atoms with Crippen LogP contribution >= 0.6 is 11.5 Å². The quantitative estimate of drug-likeness (QED) is 0.739. The van der Waals surface area contributed by atoms with Crippen molar-refractivity contribution in [2.45, 2.75) is 4.90 Å². The van der Waals surface area contributed by atoms with E-state index in [9.17, 15) is 13.2 Å². The fourth-order valence-electron chi connectivity index (χ4n) is 2.02. The maximum absolute atomic E-state index is 12.3. The second kappa shape index (κ2) is 6.48. The van der Waals surface area contributed by atoms with Crippen molar-refractivity contribution in [2.24, 2.45) is 5.14 Å². The minimum absolute atomic E-state index is 0.0630. The molecular weight excluding hydrogens is 348 g/mol. The number of nitrogens with zero attached hydrogens (tertiary/aromatic N) is 2. The van der Waals surface area contributed by atoms with Gasteiger partial charge in [-0.2, -0.15) is 4.37 Å². The van der Waals surface area contributed by atoms with Crippen molar-refractivity contribution < 1.29 is 13.2 Å². The smallest absolute Gasteiger partial charge is 0.255 e. The van der Waals surface area contributed by atoms with Crippen molar-refractivity contribution in [2.75, 3.05) is 5.32 Å². The molecule has 7 nitrogen and oxygen atoms in total. The highest BCUT2D eigenvalue weighted by molar-refractivity contribution is 7.89. The maximum atomic E-state index is 12.3. The van der Waals surface area contributed by atoms with E-state index >= 15 is 0 Å². The van der Waals surface area contributed by atoms with Gasteiger partial charge in [0.1, 0.15) is 11.3 Å². The van der Waals surface area contributed by atoms with Crippen LogP contribution in [0.15, 0.2) is 59.8 Å². The Morgan fingerprint density at radius 1 is 1.12 bits per heavy atom. The lowest BCUT2D eigenvalue weighted by atomic mass is 10.1. The molecule has 0 unspecified atom stereocenters. The predicted octanol–water partition coefficient (Wildman–Crippen LogP) is 2.10. The normalized spacial score (nSPS) is 11.2. The van der Waals surface area contributed by atoms with E-state index in [1.165, 1.54) is 36.1 Å². The molecule has 0 aliphatic rings. The number of anilines is 1. The number of nitrogens with two attached hydrogens (primary N) is 1. The van der Waals surface area contributed by atoms with Gasteiger partial charge in [-0.25, -0.2) is 18.5 Å². The van der Waals surface area contributed by atoms with Gasteiger partial charge >= 0.3 is 0 Å². The van der Waals surface area contributed by atoms with E-state index in [0.29, 0.717) is 11.3 Å². The fourth-order valence-corrected chi connectivity index (χ4v) is 3.11. The number of hydrogen-bond acceptors (Lipinski definition) is 6. The molecule has 0 saturated heterocycles. The van der Waals surface area contributed by atoms with Crippen LogP contribution in [-0.4, -0.2) is 23.7 Å². The monoisotopic (exact) mass is 360 g/mol. The van der Waals surface area contributed by atoms with Gasteiger partial charge in [-0.3, -0.25) is 4.79 Å². The molecule has 24 heavy (non-hydrogen) atoms. The topological polar surface area (TPSA) is 115 Å². The Labute approximate surface area is 142 Å². The fraction of sp³-hybridized carbons (Fsp3) is 0. The number of aromatic nitrogens is 2. The van der Waals surface area contributed by atoms with Crippen molar-refractivity contribution in [1.29, 1.82) is 0 Å². The first-order chi connectivity index (χ1) is 11.4. The Balaban J connectivity index is 1.78. The van der Waals surface area contributed by atoms with Crippen molar-refractivity contribution in [3.05, 3.63) is 60.4 Å². The third kappa shape index (κ3) is 3.65. The summed E-state index contributed by atoms with van der Waals surface area (Å²) in [6, 6.07) is 12.6. The van der Waals surface area contributed by atoms with Crippen LogP contribution in [0.4, 0.5) is 5.69 Å². The third-order valence-electron chi connectivity index (χ3n) is 3.18. The van der Waals surface area contributed by atoms with E-state index < -0.39 is 10.0 Å². The highest BCUT2D eigenvalue weighted by Gasteiger charge is 2.11. The molecule has 9 heteroatoms. The average Bonchev–Trinajstić information content (AvgIpc) is 3.09. The van der Waals surface area contributed by atoms with Gasteiger partial charge in [0.15, 0.2) is 0 Å². The zero-order chi connectivity index (χ0) is 17.2. The van der Waals surface area contributed by atoms with Gasteiger partial charge in [0.25, 0.3) is 5.91 Å². The van der Waals surface area contributed by atoms with Gasteiger partial charge in [-0.05, 0) is 41.9 Å². The first kappa shape index (κ1) is 16.2. The number of carbonyl (C=O) groups excluding carboxylic acids is 1. The van der Waals surface area contributed by atoms with E-state index in [4.69, 9.17) is 5.14 Å². The van der Waals surface area contributed by atoms with Crippen LogP contribution in [0, 0.1) is 0 Å². The van der Waals surface area contributed by atoms with Gasteiger partial charge < -0.3 is 5.32 Å². The van der Waals surface area contributed by atoms with Crippen LogP contribution in [0.5, 0.6) is 0 Å². The van der Waals surface area contributed by atoms with Crippen LogP contribution < -0.4 is 10.5 Å². The number of benzene rings is 2. The summed E-state index contributed by atoms with van der Waals surface area (Å²) in [7, 11) is -3.82. The van der Waals surface area contributed by atoms with Gasteiger partial charge in [-0.1, -0.05) is 18.2 Å². The van der Waals surface area contributed by atoms with Crippen molar-refractivity contribution in [3.63, 3.8) is 0 Å². The first-order valence-electron chi connectivity index (χ1n) is 6.75. The number of nitrogens with one attached hydrogen (secondary N) is 1. The molecule has 1 amide bonds. The minimum Gasteiger partial charge on any atom is -0.322 e. The average molecular weight is 360 g/mol. The van der Waals surface area contributed by atoms with Crippen molar-refractivity contribution in [1.82, 2.24) is 9.36 Å². The van der Waals surface area contributed by atoms with Crippen LogP contribution in [-0.2, 0) is 10.0 Å². The molecule has 122 valence electrons. The van der Waals surface area contributed by atoms with Crippen molar-refractivity contribution >= 4 is 33.2 Å². The number of amides is 1. The summed E-state index contributed by atoms with van der Waals surface area (Å²) in [4.78, 5) is 16.3. The Bertz CT molecular complexity index is 968. The van der Waals surface area contributed by atoms with Gasteiger partial charge in [-0.15, -0.1) is 0 Å². The summed E-state index contributed by atoms with van der Waals surface area (Å²) in [6.45, 7) is 0. The van der Waals surface area contributed by atoms with E-state index in [1.54, 1.807) is 30.3 Å². The molecule has 0 radical (unpaired) electrons. The summed E-state index contributed by atoms with van der Waals surface area (Å²) in [6.07, 6.45) is 1.47. The van der Waals surface area contributed by atoms with E-state index in [0.717, 1.165) is 10.6 Å². The summed E-state index contributed by atoms with van der Waals surface area (Å²) in [5.41, 5.74) is 1.65. The molecule has 0 saturated carbocycles. The zero-order valence-electron chi connectivity index (χ0n) is 12.2. The molecule has 3 rings (SSSR count). The van der Waals surface area contributed by atoms with E-state index in [2.05, 4.69) is 14.7 Å².